The molecular weight excluding hydrogens is 338 g/mol. The molecule has 0 amide bonds. The molecule has 1 N–H and O–H groups in total. The van der Waals surface area contributed by atoms with E-state index in [0.717, 1.165) is 16.9 Å². The van der Waals surface area contributed by atoms with E-state index in [1.165, 1.54) is 0 Å². The first-order valence-electron chi connectivity index (χ1n) is 8.68. The lowest BCUT2D eigenvalue weighted by molar-refractivity contribution is 0.185. The van der Waals surface area contributed by atoms with Crippen LogP contribution in [0.15, 0.2) is 83.7 Å². The Bertz CT molecular complexity index is 1120. The molecule has 0 saturated heterocycles. The van der Waals surface area contributed by atoms with E-state index in [9.17, 15) is 4.79 Å². The molecule has 1 aromatic heterocycles. The van der Waals surface area contributed by atoms with E-state index in [2.05, 4.69) is 5.32 Å². The van der Waals surface area contributed by atoms with Crippen LogP contribution in [0.5, 0.6) is 0 Å². The Morgan fingerprint density at radius 1 is 0.963 bits per heavy atom. The molecule has 1 heterocycles. The summed E-state index contributed by atoms with van der Waals surface area (Å²) in [4.78, 5) is 18.1. The van der Waals surface area contributed by atoms with Gasteiger partial charge in [0, 0.05) is 12.8 Å². The average molecular weight is 357 g/mol. The van der Waals surface area contributed by atoms with Gasteiger partial charge in [-0.1, -0.05) is 42.5 Å². The predicted molar refractivity (Wildman–Crippen MR) is 108 cm³/mol. The standard InChI is InChI=1S/C22H19N3O2/c1-27-15-16-12-13-20-19(14-16)21(26)25(18-10-6-3-7-11-18)22(24-20)23-17-8-4-2-5-9-17/h2-14H,15H2,1H3,(H,23,24). The van der Waals surface area contributed by atoms with Gasteiger partial charge < -0.3 is 10.1 Å². The van der Waals surface area contributed by atoms with E-state index in [-0.39, 0.29) is 5.56 Å². The molecule has 0 atom stereocenters. The Balaban J connectivity index is 1.95. The number of nitrogens with zero attached hydrogens (tertiary/aromatic N) is 2. The summed E-state index contributed by atoms with van der Waals surface area (Å²) < 4.78 is 6.80. The van der Waals surface area contributed by atoms with E-state index in [4.69, 9.17) is 9.72 Å². The molecule has 0 spiro atoms. The zero-order valence-corrected chi connectivity index (χ0v) is 14.9. The van der Waals surface area contributed by atoms with Gasteiger partial charge in [0.1, 0.15) is 0 Å². The zero-order chi connectivity index (χ0) is 18.6. The van der Waals surface area contributed by atoms with E-state index in [0.29, 0.717) is 23.5 Å². The summed E-state index contributed by atoms with van der Waals surface area (Å²) in [7, 11) is 1.64. The third-order valence-electron chi connectivity index (χ3n) is 4.29. The summed E-state index contributed by atoms with van der Waals surface area (Å²) in [6, 6.07) is 24.8. The molecule has 0 aliphatic rings. The number of nitrogens with one attached hydrogen (secondary N) is 1. The summed E-state index contributed by atoms with van der Waals surface area (Å²) in [6.07, 6.45) is 0. The highest BCUT2D eigenvalue weighted by molar-refractivity contribution is 5.80. The number of benzene rings is 3. The second-order valence-electron chi connectivity index (χ2n) is 6.19. The van der Waals surface area contributed by atoms with Crippen LogP contribution in [-0.2, 0) is 11.3 Å². The van der Waals surface area contributed by atoms with Crippen molar-refractivity contribution < 1.29 is 4.74 Å². The van der Waals surface area contributed by atoms with E-state index in [1.807, 2.05) is 78.9 Å². The lowest BCUT2D eigenvalue weighted by atomic mass is 10.1. The van der Waals surface area contributed by atoms with Gasteiger partial charge in [0.25, 0.3) is 5.56 Å². The quantitative estimate of drug-likeness (QED) is 0.579. The van der Waals surface area contributed by atoms with Crippen LogP contribution >= 0.6 is 0 Å². The second-order valence-corrected chi connectivity index (χ2v) is 6.19. The van der Waals surface area contributed by atoms with Crippen molar-refractivity contribution in [2.24, 2.45) is 0 Å². The van der Waals surface area contributed by atoms with Gasteiger partial charge in [0.05, 0.1) is 23.2 Å². The molecule has 0 fully saturated rings. The minimum absolute atomic E-state index is 0.123. The minimum Gasteiger partial charge on any atom is -0.380 e. The van der Waals surface area contributed by atoms with Crippen LogP contribution < -0.4 is 10.9 Å². The molecule has 0 radical (unpaired) electrons. The normalized spacial score (nSPS) is 10.9. The third kappa shape index (κ3) is 3.45. The maximum Gasteiger partial charge on any atom is 0.267 e. The molecule has 0 bridgehead atoms. The number of methoxy groups -OCH3 is 1. The number of anilines is 2. The molecule has 0 aliphatic heterocycles. The molecule has 0 saturated carbocycles. The van der Waals surface area contributed by atoms with Crippen LogP contribution in [-0.4, -0.2) is 16.7 Å². The van der Waals surface area contributed by atoms with Gasteiger partial charge in [-0.25, -0.2) is 9.55 Å². The highest BCUT2D eigenvalue weighted by Crippen LogP contribution is 2.21. The van der Waals surface area contributed by atoms with Crippen molar-refractivity contribution in [3.05, 3.63) is 94.8 Å². The van der Waals surface area contributed by atoms with Crippen molar-refractivity contribution in [1.82, 2.24) is 9.55 Å². The molecule has 134 valence electrons. The van der Waals surface area contributed by atoms with Crippen LogP contribution in [0.4, 0.5) is 11.6 Å². The van der Waals surface area contributed by atoms with Crippen LogP contribution in [0.3, 0.4) is 0 Å². The van der Waals surface area contributed by atoms with Gasteiger partial charge in [-0.3, -0.25) is 4.79 Å². The minimum atomic E-state index is -0.123. The van der Waals surface area contributed by atoms with Crippen LogP contribution in [0.1, 0.15) is 5.56 Å². The first-order chi connectivity index (χ1) is 13.3. The van der Waals surface area contributed by atoms with Crippen LogP contribution in [0.25, 0.3) is 16.6 Å². The van der Waals surface area contributed by atoms with Gasteiger partial charge in [-0.15, -0.1) is 0 Å². The number of rotatable bonds is 5. The van der Waals surface area contributed by atoms with Gasteiger partial charge in [-0.05, 0) is 42.0 Å². The topological polar surface area (TPSA) is 56.1 Å². The Kier molecular flexibility index (Phi) is 4.68. The second kappa shape index (κ2) is 7.43. The van der Waals surface area contributed by atoms with E-state index in [1.54, 1.807) is 11.7 Å². The summed E-state index contributed by atoms with van der Waals surface area (Å²) in [5.41, 5.74) is 3.08. The van der Waals surface area contributed by atoms with Gasteiger partial charge in [0.2, 0.25) is 5.95 Å². The highest BCUT2D eigenvalue weighted by Gasteiger charge is 2.13. The third-order valence-corrected chi connectivity index (χ3v) is 4.29. The Morgan fingerprint density at radius 3 is 2.37 bits per heavy atom. The molecule has 0 aliphatic carbocycles. The smallest absolute Gasteiger partial charge is 0.267 e. The maximum atomic E-state index is 13.3. The van der Waals surface area contributed by atoms with E-state index < -0.39 is 0 Å². The zero-order valence-electron chi connectivity index (χ0n) is 14.9. The summed E-state index contributed by atoms with van der Waals surface area (Å²) >= 11 is 0. The number of ether oxygens (including phenoxy) is 1. The Labute approximate surface area is 156 Å². The molecule has 5 nitrogen and oxygen atoms in total. The van der Waals surface area contributed by atoms with Crippen molar-refractivity contribution >= 4 is 22.5 Å². The van der Waals surface area contributed by atoms with Crippen molar-refractivity contribution in [3.63, 3.8) is 0 Å². The fourth-order valence-corrected chi connectivity index (χ4v) is 3.04. The molecule has 3 aromatic carbocycles. The maximum absolute atomic E-state index is 13.3. The molecule has 27 heavy (non-hydrogen) atoms. The van der Waals surface area contributed by atoms with Gasteiger partial charge in [-0.2, -0.15) is 0 Å². The van der Waals surface area contributed by atoms with Crippen molar-refractivity contribution in [2.45, 2.75) is 6.61 Å². The largest absolute Gasteiger partial charge is 0.380 e. The number of para-hydroxylation sites is 2. The first kappa shape index (κ1) is 17.0. The molecule has 4 aromatic rings. The SMILES string of the molecule is COCc1ccc2nc(Nc3ccccc3)n(-c3ccccc3)c(=O)c2c1. The van der Waals surface area contributed by atoms with Gasteiger partial charge in [0.15, 0.2) is 0 Å². The molecule has 0 unspecified atom stereocenters. The highest BCUT2D eigenvalue weighted by atomic mass is 16.5. The van der Waals surface area contributed by atoms with Crippen LogP contribution in [0, 0.1) is 0 Å². The molecule has 4 rings (SSSR count). The number of hydrogen-bond acceptors (Lipinski definition) is 4. The van der Waals surface area contributed by atoms with Gasteiger partial charge >= 0.3 is 0 Å². The fraction of sp³-hybridized carbons (Fsp3) is 0.0909. The lowest BCUT2D eigenvalue weighted by Crippen LogP contribution is -2.23. The fourth-order valence-electron chi connectivity index (χ4n) is 3.04. The van der Waals surface area contributed by atoms with Crippen LogP contribution in [0.2, 0.25) is 0 Å². The summed E-state index contributed by atoms with van der Waals surface area (Å²) in [5.74, 6) is 0.476. The van der Waals surface area contributed by atoms with Crippen molar-refractivity contribution in [2.75, 3.05) is 12.4 Å². The average Bonchev–Trinajstić information content (AvgIpc) is 2.70. The predicted octanol–water partition coefficient (Wildman–Crippen LogP) is 4.28. The summed E-state index contributed by atoms with van der Waals surface area (Å²) in [5, 5.41) is 3.83. The van der Waals surface area contributed by atoms with Crippen molar-refractivity contribution in [3.8, 4) is 5.69 Å². The Morgan fingerprint density at radius 2 is 1.67 bits per heavy atom. The lowest BCUT2D eigenvalue weighted by Gasteiger charge is -2.15. The number of hydrogen-bond donors (Lipinski definition) is 1. The molecule has 5 heteroatoms. The Hall–Kier alpha value is -3.44. The number of aromatic nitrogens is 2. The van der Waals surface area contributed by atoms with Crippen molar-refractivity contribution in [1.29, 1.82) is 0 Å². The first-order valence-corrected chi connectivity index (χ1v) is 8.68. The number of fused-ring (bicyclic) bond motifs is 1. The monoisotopic (exact) mass is 357 g/mol. The summed E-state index contributed by atoms with van der Waals surface area (Å²) in [6.45, 7) is 0.449. The van der Waals surface area contributed by atoms with E-state index >= 15 is 0 Å². The molecular formula is C22H19N3O2.